The normalized spacial score (nSPS) is 10.5. The van der Waals surface area contributed by atoms with Crippen molar-refractivity contribution in [3.8, 4) is 11.5 Å². The predicted molar refractivity (Wildman–Crippen MR) is 79.3 cm³/mol. The number of ether oxygens (including phenoxy) is 2. The highest BCUT2D eigenvalue weighted by atomic mass is 16.5. The highest BCUT2D eigenvalue weighted by molar-refractivity contribution is 5.71. The lowest BCUT2D eigenvalue weighted by Gasteiger charge is -2.09. The highest BCUT2D eigenvalue weighted by Crippen LogP contribution is 2.28. The van der Waals surface area contributed by atoms with Crippen molar-refractivity contribution < 1.29 is 19.4 Å². The molecule has 2 aromatic rings. The van der Waals surface area contributed by atoms with E-state index < -0.39 is 12.6 Å². The van der Waals surface area contributed by atoms with E-state index in [1.54, 1.807) is 24.5 Å². The van der Waals surface area contributed by atoms with Crippen LogP contribution in [0.25, 0.3) is 12.2 Å². The maximum atomic E-state index is 10.5. The minimum Gasteiger partial charge on any atom is -0.493 e. The molecule has 0 aliphatic heterocycles. The highest BCUT2D eigenvalue weighted by Gasteiger charge is 2.06. The maximum Gasteiger partial charge on any atom is 0.341 e. The fourth-order valence-corrected chi connectivity index (χ4v) is 1.71. The molecule has 1 aromatic heterocycles. The zero-order valence-corrected chi connectivity index (χ0v) is 11.5. The average Bonchev–Trinajstić information content (AvgIpc) is 2.52. The van der Waals surface area contributed by atoms with Gasteiger partial charge in [0, 0.05) is 12.4 Å². The van der Waals surface area contributed by atoms with Gasteiger partial charge in [-0.2, -0.15) is 0 Å². The molecule has 0 radical (unpaired) electrons. The molecule has 21 heavy (non-hydrogen) atoms. The van der Waals surface area contributed by atoms with Crippen LogP contribution in [-0.4, -0.2) is 29.8 Å². The molecule has 0 saturated carbocycles. The van der Waals surface area contributed by atoms with E-state index in [4.69, 9.17) is 14.6 Å². The van der Waals surface area contributed by atoms with E-state index in [0.29, 0.717) is 11.5 Å². The number of carbonyl (C=O) groups is 1. The van der Waals surface area contributed by atoms with Crippen molar-refractivity contribution in [3.63, 3.8) is 0 Å². The van der Waals surface area contributed by atoms with E-state index >= 15 is 0 Å². The van der Waals surface area contributed by atoms with Gasteiger partial charge in [-0.05, 0) is 35.4 Å². The van der Waals surface area contributed by atoms with Crippen LogP contribution in [0.2, 0.25) is 0 Å². The second kappa shape index (κ2) is 7.09. The SMILES string of the molecule is COc1cc(/C=C/c2ccncc2)ccc1OCC(=O)O. The van der Waals surface area contributed by atoms with Gasteiger partial charge < -0.3 is 14.6 Å². The van der Waals surface area contributed by atoms with Crippen molar-refractivity contribution >= 4 is 18.1 Å². The number of hydrogen-bond acceptors (Lipinski definition) is 4. The maximum absolute atomic E-state index is 10.5. The number of carboxylic acid groups (broad SMARTS) is 1. The largest absolute Gasteiger partial charge is 0.493 e. The standard InChI is InChI=1S/C16H15NO4/c1-20-15-10-13(3-2-12-6-8-17-9-7-12)4-5-14(15)21-11-16(18)19/h2-10H,11H2,1H3,(H,18,19)/b3-2+. The van der Waals surface area contributed by atoms with Gasteiger partial charge in [0.2, 0.25) is 0 Å². The summed E-state index contributed by atoms with van der Waals surface area (Å²) in [5.41, 5.74) is 1.96. The molecule has 5 heteroatoms. The monoisotopic (exact) mass is 285 g/mol. The third-order valence-electron chi connectivity index (χ3n) is 2.71. The summed E-state index contributed by atoms with van der Waals surface area (Å²) in [5.74, 6) is -0.132. The van der Waals surface area contributed by atoms with Crippen LogP contribution >= 0.6 is 0 Å². The van der Waals surface area contributed by atoms with E-state index in [9.17, 15) is 4.79 Å². The Hall–Kier alpha value is -2.82. The Balaban J connectivity index is 2.15. The van der Waals surface area contributed by atoms with Gasteiger partial charge in [0.1, 0.15) is 0 Å². The lowest BCUT2D eigenvalue weighted by Crippen LogP contribution is -2.10. The third kappa shape index (κ3) is 4.35. The van der Waals surface area contributed by atoms with Crippen LogP contribution in [0.5, 0.6) is 11.5 Å². The molecule has 1 heterocycles. The Kier molecular flexibility index (Phi) is 4.93. The Morgan fingerprint density at radius 1 is 1.14 bits per heavy atom. The number of nitrogens with zero attached hydrogens (tertiary/aromatic N) is 1. The molecule has 0 fully saturated rings. The summed E-state index contributed by atoms with van der Waals surface area (Å²) in [5, 5.41) is 8.62. The molecule has 0 amide bonds. The van der Waals surface area contributed by atoms with Crippen LogP contribution in [0, 0.1) is 0 Å². The van der Waals surface area contributed by atoms with Crippen LogP contribution in [0.3, 0.4) is 0 Å². The molecule has 108 valence electrons. The summed E-state index contributed by atoms with van der Waals surface area (Å²) in [6.07, 6.45) is 7.33. The fourth-order valence-electron chi connectivity index (χ4n) is 1.71. The van der Waals surface area contributed by atoms with E-state index in [1.165, 1.54) is 7.11 Å². The van der Waals surface area contributed by atoms with Crippen molar-refractivity contribution in [2.24, 2.45) is 0 Å². The van der Waals surface area contributed by atoms with Crippen molar-refractivity contribution in [3.05, 3.63) is 53.9 Å². The summed E-state index contributed by atoms with van der Waals surface area (Å²) in [6, 6.07) is 9.11. The second-order valence-corrected chi connectivity index (χ2v) is 4.21. The van der Waals surface area contributed by atoms with Crippen molar-refractivity contribution in [2.75, 3.05) is 13.7 Å². The first-order chi connectivity index (χ1) is 10.2. The molecular weight excluding hydrogens is 270 g/mol. The summed E-state index contributed by atoms with van der Waals surface area (Å²) < 4.78 is 10.4. The van der Waals surface area contributed by atoms with Crippen molar-refractivity contribution in [1.29, 1.82) is 0 Å². The number of rotatable bonds is 6. The van der Waals surface area contributed by atoms with E-state index in [-0.39, 0.29) is 0 Å². The minimum atomic E-state index is -1.03. The number of benzene rings is 1. The molecule has 0 atom stereocenters. The minimum absolute atomic E-state index is 0.400. The molecule has 0 spiro atoms. The van der Waals surface area contributed by atoms with Crippen LogP contribution in [0.1, 0.15) is 11.1 Å². The fraction of sp³-hybridized carbons (Fsp3) is 0.125. The lowest BCUT2D eigenvalue weighted by atomic mass is 10.1. The van der Waals surface area contributed by atoms with E-state index in [1.807, 2.05) is 30.4 Å². The molecular formula is C16H15NO4. The quantitative estimate of drug-likeness (QED) is 0.883. The Bertz CT molecular complexity index is 638. The molecule has 1 aromatic carbocycles. The molecule has 1 N–H and O–H groups in total. The van der Waals surface area contributed by atoms with Crippen LogP contribution in [-0.2, 0) is 4.79 Å². The van der Waals surface area contributed by atoms with Gasteiger partial charge in [0.25, 0.3) is 0 Å². The second-order valence-electron chi connectivity index (χ2n) is 4.21. The van der Waals surface area contributed by atoms with Crippen molar-refractivity contribution in [2.45, 2.75) is 0 Å². The number of pyridine rings is 1. The average molecular weight is 285 g/mol. The number of hydrogen-bond donors (Lipinski definition) is 1. The smallest absolute Gasteiger partial charge is 0.341 e. The number of methoxy groups -OCH3 is 1. The number of aliphatic carboxylic acids is 1. The van der Waals surface area contributed by atoms with Gasteiger partial charge in [-0.15, -0.1) is 0 Å². The lowest BCUT2D eigenvalue weighted by molar-refractivity contribution is -0.139. The molecule has 0 bridgehead atoms. The van der Waals surface area contributed by atoms with Crippen LogP contribution in [0.4, 0.5) is 0 Å². The third-order valence-corrected chi connectivity index (χ3v) is 2.71. The number of aromatic nitrogens is 1. The predicted octanol–water partition coefficient (Wildman–Crippen LogP) is 2.72. The van der Waals surface area contributed by atoms with E-state index in [0.717, 1.165) is 11.1 Å². The van der Waals surface area contributed by atoms with Gasteiger partial charge in [-0.1, -0.05) is 18.2 Å². The summed E-state index contributed by atoms with van der Waals surface area (Å²) in [4.78, 5) is 14.5. The van der Waals surface area contributed by atoms with Crippen molar-refractivity contribution in [1.82, 2.24) is 4.98 Å². The Morgan fingerprint density at radius 2 is 1.86 bits per heavy atom. The van der Waals surface area contributed by atoms with Gasteiger partial charge in [-0.3, -0.25) is 4.98 Å². The zero-order chi connectivity index (χ0) is 15.1. The van der Waals surface area contributed by atoms with Gasteiger partial charge in [0.15, 0.2) is 18.1 Å². The first-order valence-electron chi connectivity index (χ1n) is 6.30. The molecule has 0 aliphatic rings. The molecule has 5 nitrogen and oxygen atoms in total. The zero-order valence-electron chi connectivity index (χ0n) is 11.5. The summed E-state index contributed by atoms with van der Waals surface area (Å²) in [6.45, 7) is -0.400. The summed E-state index contributed by atoms with van der Waals surface area (Å²) >= 11 is 0. The molecule has 0 aliphatic carbocycles. The van der Waals surface area contributed by atoms with Gasteiger partial charge >= 0.3 is 5.97 Å². The van der Waals surface area contributed by atoms with Gasteiger partial charge in [0.05, 0.1) is 7.11 Å². The van der Waals surface area contributed by atoms with Crippen LogP contribution < -0.4 is 9.47 Å². The topological polar surface area (TPSA) is 68.7 Å². The summed E-state index contributed by atoms with van der Waals surface area (Å²) in [7, 11) is 1.51. The first kappa shape index (κ1) is 14.6. The first-order valence-corrected chi connectivity index (χ1v) is 6.30. The number of carboxylic acids is 1. The molecule has 0 saturated heterocycles. The van der Waals surface area contributed by atoms with E-state index in [2.05, 4.69) is 4.98 Å². The van der Waals surface area contributed by atoms with Crippen LogP contribution in [0.15, 0.2) is 42.7 Å². The molecule has 0 unspecified atom stereocenters. The van der Waals surface area contributed by atoms with Gasteiger partial charge in [-0.25, -0.2) is 4.79 Å². The molecule has 2 rings (SSSR count). The Labute approximate surface area is 122 Å². The Morgan fingerprint density at radius 3 is 2.52 bits per heavy atom.